The summed E-state index contributed by atoms with van der Waals surface area (Å²) in [6.07, 6.45) is 7.83. The summed E-state index contributed by atoms with van der Waals surface area (Å²) in [5, 5.41) is 6.75. The first kappa shape index (κ1) is 11.2. The zero-order chi connectivity index (χ0) is 11.4. The van der Waals surface area contributed by atoms with E-state index in [1.54, 1.807) is 0 Å². The van der Waals surface area contributed by atoms with E-state index >= 15 is 0 Å². The first-order valence-electron chi connectivity index (χ1n) is 6.15. The van der Waals surface area contributed by atoms with Crippen molar-refractivity contribution in [1.82, 2.24) is 4.98 Å². The maximum Gasteiger partial charge on any atom is 0.0547 e. The zero-order valence-corrected chi connectivity index (χ0v) is 10.2. The summed E-state index contributed by atoms with van der Waals surface area (Å²) < 4.78 is 0. The van der Waals surface area contributed by atoms with E-state index < -0.39 is 0 Å². The highest BCUT2D eigenvalue weighted by Gasteiger charge is 2.31. The molecule has 0 amide bonds. The second-order valence-corrected chi connectivity index (χ2v) is 5.01. The molecule has 88 valence electrons. The van der Waals surface area contributed by atoms with Gasteiger partial charge in [0.2, 0.25) is 0 Å². The predicted octanol–water partition coefficient (Wildman–Crippen LogP) is 3.12. The molecule has 0 bridgehead atoms. The Labute approximate surface area is 97.7 Å². The Hall–Kier alpha value is -1.25. The number of aromatic nitrogens is 1. The van der Waals surface area contributed by atoms with Crippen LogP contribution < -0.4 is 10.6 Å². The van der Waals surface area contributed by atoms with E-state index in [4.69, 9.17) is 0 Å². The number of rotatable bonds is 5. The van der Waals surface area contributed by atoms with Gasteiger partial charge in [-0.25, -0.2) is 0 Å². The summed E-state index contributed by atoms with van der Waals surface area (Å²) in [5.41, 5.74) is 2.71. The third-order valence-corrected chi connectivity index (χ3v) is 3.40. The molecule has 3 nitrogen and oxygen atoms in total. The smallest absolute Gasteiger partial charge is 0.0547 e. The van der Waals surface area contributed by atoms with Crippen LogP contribution >= 0.6 is 0 Å². The zero-order valence-electron chi connectivity index (χ0n) is 10.2. The lowest BCUT2D eigenvalue weighted by atomic mass is 9.70. The monoisotopic (exact) mass is 219 g/mol. The molecule has 0 aliphatic heterocycles. The second kappa shape index (κ2) is 4.73. The Kier molecular flexibility index (Phi) is 3.32. The molecule has 1 aromatic heterocycles. The molecule has 2 rings (SSSR count). The van der Waals surface area contributed by atoms with Crippen LogP contribution in [0.1, 0.15) is 33.1 Å². The summed E-state index contributed by atoms with van der Waals surface area (Å²) in [7, 11) is 0. The van der Waals surface area contributed by atoms with Crippen LogP contribution in [0.5, 0.6) is 0 Å². The SMILES string of the molecule is CCNc1cncc(NCC2(C)CCC2)c1. The number of nitrogens with zero attached hydrogens (tertiary/aromatic N) is 1. The minimum atomic E-state index is 0.508. The Bertz CT molecular complexity index is 345. The minimum Gasteiger partial charge on any atom is -0.384 e. The van der Waals surface area contributed by atoms with E-state index in [1.807, 2.05) is 12.4 Å². The van der Waals surface area contributed by atoms with E-state index in [0.29, 0.717) is 5.41 Å². The molecule has 3 heteroatoms. The summed E-state index contributed by atoms with van der Waals surface area (Å²) in [6, 6.07) is 2.12. The average molecular weight is 219 g/mol. The van der Waals surface area contributed by atoms with Gasteiger partial charge in [0.15, 0.2) is 0 Å². The first-order valence-corrected chi connectivity index (χ1v) is 6.15. The van der Waals surface area contributed by atoms with Crippen LogP contribution in [0.2, 0.25) is 0 Å². The van der Waals surface area contributed by atoms with Crippen LogP contribution in [0.3, 0.4) is 0 Å². The molecule has 0 unspecified atom stereocenters. The van der Waals surface area contributed by atoms with Gasteiger partial charge < -0.3 is 10.6 Å². The molecule has 1 aromatic rings. The van der Waals surface area contributed by atoms with Crippen LogP contribution in [-0.2, 0) is 0 Å². The van der Waals surface area contributed by atoms with Gasteiger partial charge in [-0.3, -0.25) is 4.98 Å². The van der Waals surface area contributed by atoms with Gasteiger partial charge in [0.05, 0.1) is 23.8 Å². The molecule has 0 spiro atoms. The number of pyridine rings is 1. The van der Waals surface area contributed by atoms with E-state index in [9.17, 15) is 0 Å². The van der Waals surface area contributed by atoms with Gasteiger partial charge in [0, 0.05) is 13.1 Å². The Balaban J connectivity index is 1.90. The molecular weight excluding hydrogens is 198 g/mol. The minimum absolute atomic E-state index is 0.508. The van der Waals surface area contributed by atoms with Crippen molar-refractivity contribution in [2.75, 3.05) is 23.7 Å². The van der Waals surface area contributed by atoms with Crippen LogP contribution in [0, 0.1) is 5.41 Å². The molecule has 0 saturated heterocycles. The van der Waals surface area contributed by atoms with Gasteiger partial charge in [0.1, 0.15) is 0 Å². The van der Waals surface area contributed by atoms with Crippen molar-refractivity contribution < 1.29 is 0 Å². The molecule has 1 fully saturated rings. The molecule has 1 heterocycles. The fourth-order valence-corrected chi connectivity index (χ4v) is 2.11. The van der Waals surface area contributed by atoms with Gasteiger partial charge in [-0.2, -0.15) is 0 Å². The van der Waals surface area contributed by atoms with E-state index in [2.05, 4.69) is 35.5 Å². The second-order valence-electron chi connectivity index (χ2n) is 5.01. The fourth-order valence-electron chi connectivity index (χ4n) is 2.11. The number of nitrogens with one attached hydrogen (secondary N) is 2. The van der Waals surface area contributed by atoms with Crippen LogP contribution in [0.25, 0.3) is 0 Å². The van der Waals surface area contributed by atoms with E-state index in [0.717, 1.165) is 24.5 Å². The number of hydrogen-bond donors (Lipinski definition) is 2. The molecule has 2 N–H and O–H groups in total. The van der Waals surface area contributed by atoms with Crippen molar-refractivity contribution in [3.63, 3.8) is 0 Å². The van der Waals surface area contributed by atoms with Crippen LogP contribution in [-0.4, -0.2) is 18.1 Å². The van der Waals surface area contributed by atoms with Gasteiger partial charge >= 0.3 is 0 Å². The number of anilines is 2. The maximum atomic E-state index is 4.22. The third-order valence-electron chi connectivity index (χ3n) is 3.40. The highest BCUT2D eigenvalue weighted by molar-refractivity contribution is 5.53. The molecule has 1 aliphatic carbocycles. The van der Waals surface area contributed by atoms with Crippen molar-refractivity contribution in [3.05, 3.63) is 18.5 Å². The predicted molar refractivity (Wildman–Crippen MR) is 68.8 cm³/mol. The molecule has 0 atom stereocenters. The Morgan fingerprint density at radius 3 is 2.50 bits per heavy atom. The van der Waals surface area contributed by atoms with Crippen molar-refractivity contribution in [1.29, 1.82) is 0 Å². The normalized spacial score (nSPS) is 17.6. The quantitative estimate of drug-likeness (QED) is 0.799. The standard InChI is InChI=1S/C13H21N3/c1-3-15-11-7-12(9-14-8-11)16-10-13(2)5-4-6-13/h7-9,15-16H,3-6,10H2,1-2H3. The molecule has 1 aliphatic rings. The molecular formula is C13H21N3. The van der Waals surface area contributed by atoms with Crippen molar-refractivity contribution in [2.45, 2.75) is 33.1 Å². The molecule has 0 aromatic carbocycles. The summed E-state index contributed by atoms with van der Waals surface area (Å²) >= 11 is 0. The number of hydrogen-bond acceptors (Lipinski definition) is 3. The summed E-state index contributed by atoms with van der Waals surface area (Å²) in [4.78, 5) is 4.22. The van der Waals surface area contributed by atoms with Crippen molar-refractivity contribution in [2.24, 2.45) is 5.41 Å². The van der Waals surface area contributed by atoms with Gasteiger partial charge in [0.25, 0.3) is 0 Å². The molecule has 0 radical (unpaired) electrons. The molecule has 16 heavy (non-hydrogen) atoms. The summed E-state index contributed by atoms with van der Waals surface area (Å²) in [6.45, 7) is 6.44. The van der Waals surface area contributed by atoms with E-state index in [-0.39, 0.29) is 0 Å². The van der Waals surface area contributed by atoms with E-state index in [1.165, 1.54) is 19.3 Å². The third kappa shape index (κ3) is 2.65. The Morgan fingerprint density at radius 2 is 1.94 bits per heavy atom. The first-order chi connectivity index (χ1) is 7.72. The average Bonchev–Trinajstić information content (AvgIpc) is 2.25. The molecule has 1 saturated carbocycles. The van der Waals surface area contributed by atoms with Crippen LogP contribution in [0.4, 0.5) is 11.4 Å². The van der Waals surface area contributed by atoms with Gasteiger partial charge in [-0.05, 0) is 31.2 Å². The van der Waals surface area contributed by atoms with Crippen molar-refractivity contribution >= 4 is 11.4 Å². The topological polar surface area (TPSA) is 37.0 Å². The van der Waals surface area contributed by atoms with Crippen molar-refractivity contribution in [3.8, 4) is 0 Å². The highest BCUT2D eigenvalue weighted by Crippen LogP contribution is 2.40. The lowest BCUT2D eigenvalue weighted by Crippen LogP contribution is -2.33. The van der Waals surface area contributed by atoms with Gasteiger partial charge in [-0.1, -0.05) is 13.3 Å². The fraction of sp³-hybridized carbons (Fsp3) is 0.615. The van der Waals surface area contributed by atoms with Gasteiger partial charge in [-0.15, -0.1) is 0 Å². The maximum absolute atomic E-state index is 4.22. The van der Waals surface area contributed by atoms with Crippen LogP contribution in [0.15, 0.2) is 18.5 Å². The highest BCUT2D eigenvalue weighted by atomic mass is 14.9. The Morgan fingerprint density at radius 1 is 1.25 bits per heavy atom. The largest absolute Gasteiger partial charge is 0.384 e. The lowest BCUT2D eigenvalue weighted by Gasteiger charge is -2.38. The summed E-state index contributed by atoms with van der Waals surface area (Å²) in [5.74, 6) is 0. The lowest BCUT2D eigenvalue weighted by molar-refractivity contribution is 0.180.